The van der Waals surface area contributed by atoms with Gasteiger partial charge in [-0.05, 0) is 62.4 Å². The van der Waals surface area contributed by atoms with Gasteiger partial charge in [0.25, 0.3) is 11.8 Å². The third-order valence-corrected chi connectivity index (χ3v) is 4.70. The van der Waals surface area contributed by atoms with E-state index in [1.165, 1.54) is 0 Å². The van der Waals surface area contributed by atoms with Crippen LogP contribution >= 0.6 is 11.6 Å². The van der Waals surface area contributed by atoms with Gasteiger partial charge in [-0.3, -0.25) is 9.59 Å². The van der Waals surface area contributed by atoms with E-state index >= 15 is 0 Å². The number of amides is 2. The minimum atomic E-state index is -0.752. The highest BCUT2D eigenvalue weighted by Crippen LogP contribution is 2.25. The Morgan fingerprint density at radius 2 is 1.55 bits per heavy atom. The molecule has 0 aliphatic rings. The normalized spacial score (nSPS) is 11.3. The number of benzene rings is 3. The van der Waals surface area contributed by atoms with Crippen molar-refractivity contribution in [3.63, 3.8) is 0 Å². The highest BCUT2D eigenvalue weighted by Gasteiger charge is 2.17. The molecule has 160 valence electrons. The summed E-state index contributed by atoms with van der Waals surface area (Å²) in [5.74, 6) is 0.458. The van der Waals surface area contributed by atoms with E-state index in [4.69, 9.17) is 21.1 Å². The van der Waals surface area contributed by atoms with Gasteiger partial charge in [0.15, 0.2) is 6.10 Å². The van der Waals surface area contributed by atoms with Crippen LogP contribution in [-0.2, 0) is 4.79 Å². The molecule has 3 rings (SSSR count). The van der Waals surface area contributed by atoms with Crippen molar-refractivity contribution in [1.82, 2.24) is 0 Å². The summed E-state index contributed by atoms with van der Waals surface area (Å²) in [5.41, 5.74) is 1.55. The summed E-state index contributed by atoms with van der Waals surface area (Å²) in [6, 6.07) is 20.7. The smallest absolute Gasteiger partial charge is 0.265 e. The van der Waals surface area contributed by atoms with Crippen LogP contribution in [0.15, 0.2) is 72.8 Å². The highest BCUT2D eigenvalue weighted by molar-refractivity contribution is 6.33. The van der Waals surface area contributed by atoms with Crippen LogP contribution in [0.1, 0.15) is 24.2 Å². The molecule has 0 radical (unpaired) electrons. The molecule has 2 amide bonds. The Hall–Kier alpha value is -3.51. The van der Waals surface area contributed by atoms with Crippen LogP contribution < -0.4 is 20.1 Å². The number of hydrogen-bond acceptors (Lipinski definition) is 4. The lowest BCUT2D eigenvalue weighted by Crippen LogP contribution is -2.30. The zero-order valence-electron chi connectivity index (χ0n) is 17.2. The maximum absolute atomic E-state index is 12.5. The molecule has 0 saturated carbocycles. The Bertz CT molecular complexity index is 1050. The fourth-order valence-electron chi connectivity index (χ4n) is 2.79. The van der Waals surface area contributed by atoms with Crippen molar-refractivity contribution in [2.24, 2.45) is 0 Å². The molecule has 31 heavy (non-hydrogen) atoms. The van der Waals surface area contributed by atoms with Crippen LogP contribution in [0.3, 0.4) is 0 Å². The fraction of sp³-hybridized carbons (Fsp3) is 0.167. The van der Waals surface area contributed by atoms with E-state index in [-0.39, 0.29) is 11.8 Å². The first-order valence-electron chi connectivity index (χ1n) is 9.83. The van der Waals surface area contributed by atoms with E-state index in [0.29, 0.717) is 40.1 Å². The van der Waals surface area contributed by atoms with Crippen LogP contribution in [-0.4, -0.2) is 24.5 Å². The Labute approximate surface area is 186 Å². The van der Waals surface area contributed by atoms with E-state index in [9.17, 15) is 9.59 Å². The Balaban J connectivity index is 1.59. The van der Waals surface area contributed by atoms with E-state index in [1.807, 2.05) is 19.1 Å². The third-order valence-electron chi connectivity index (χ3n) is 4.37. The van der Waals surface area contributed by atoms with Gasteiger partial charge in [0.1, 0.15) is 11.5 Å². The Morgan fingerprint density at radius 3 is 2.23 bits per heavy atom. The summed E-state index contributed by atoms with van der Waals surface area (Å²) in [4.78, 5) is 24.9. The molecule has 3 aromatic rings. The lowest BCUT2D eigenvalue weighted by molar-refractivity contribution is -0.122. The van der Waals surface area contributed by atoms with Gasteiger partial charge < -0.3 is 20.1 Å². The zero-order valence-corrected chi connectivity index (χ0v) is 18.0. The number of carbonyl (C=O) groups excluding carboxylic acids is 2. The standard InChI is InChI=1S/C24H23ClN2O4/c1-3-30-22-11-7-6-10-21(22)27-23(28)16(2)31-18-14-12-17(13-15-18)24(29)26-20-9-5-4-8-19(20)25/h4-16H,3H2,1-2H3,(H,26,29)(H,27,28). The molecule has 6 nitrogen and oxygen atoms in total. The molecular weight excluding hydrogens is 416 g/mol. The molecule has 7 heteroatoms. The second kappa shape index (κ2) is 10.5. The highest BCUT2D eigenvalue weighted by atomic mass is 35.5. The van der Waals surface area contributed by atoms with Gasteiger partial charge in [0.2, 0.25) is 0 Å². The van der Waals surface area contributed by atoms with Gasteiger partial charge in [0, 0.05) is 5.56 Å². The number of rotatable bonds is 8. The number of anilines is 2. The molecule has 0 aliphatic carbocycles. The molecule has 0 aromatic heterocycles. The van der Waals surface area contributed by atoms with Crippen LogP contribution in [0.2, 0.25) is 5.02 Å². The summed E-state index contributed by atoms with van der Waals surface area (Å²) in [6.45, 7) is 4.02. The van der Waals surface area contributed by atoms with Crippen LogP contribution in [0, 0.1) is 0 Å². The Morgan fingerprint density at radius 1 is 0.903 bits per heavy atom. The van der Waals surface area contributed by atoms with Crippen molar-refractivity contribution in [2.75, 3.05) is 17.2 Å². The number of halogens is 1. The maximum atomic E-state index is 12.5. The van der Waals surface area contributed by atoms with Gasteiger partial charge in [-0.15, -0.1) is 0 Å². The SMILES string of the molecule is CCOc1ccccc1NC(=O)C(C)Oc1ccc(C(=O)Nc2ccccc2Cl)cc1. The van der Waals surface area contributed by atoms with Crippen molar-refractivity contribution in [3.8, 4) is 11.5 Å². The van der Waals surface area contributed by atoms with Gasteiger partial charge in [-0.2, -0.15) is 0 Å². The zero-order chi connectivity index (χ0) is 22.2. The first kappa shape index (κ1) is 22.2. The van der Waals surface area contributed by atoms with Gasteiger partial charge in [0.05, 0.1) is 23.0 Å². The molecule has 0 fully saturated rings. The average Bonchev–Trinajstić information content (AvgIpc) is 2.77. The molecule has 0 spiro atoms. The topological polar surface area (TPSA) is 76.7 Å². The molecule has 0 aliphatic heterocycles. The first-order valence-corrected chi connectivity index (χ1v) is 10.2. The van der Waals surface area contributed by atoms with E-state index < -0.39 is 6.10 Å². The predicted molar refractivity (Wildman–Crippen MR) is 122 cm³/mol. The lowest BCUT2D eigenvalue weighted by atomic mass is 10.2. The maximum Gasteiger partial charge on any atom is 0.265 e. The summed E-state index contributed by atoms with van der Waals surface area (Å²) >= 11 is 6.07. The average molecular weight is 439 g/mol. The molecule has 1 unspecified atom stereocenters. The lowest BCUT2D eigenvalue weighted by Gasteiger charge is -2.16. The Kier molecular flexibility index (Phi) is 7.51. The minimum Gasteiger partial charge on any atom is -0.492 e. The molecule has 3 aromatic carbocycles. The number of ether oxygens (including phenoxy) is 2. The molecule has 0 saturated heterocycles. The van der Waals surface area contributed by atoms with Gasteiger partial charge in [-0.1, -0.05) is 35.9 Å². The number of para-hydroxylation sites is 3. The van der Waals surface area contributed by atoms with Crippen LogP contribution in [0.25, 0.3) is 0 Å². The second-order valence-electron chi connectivity index (χ2n) is 6.64. The largest absolute Gasteiger partial charge is 0.492 e. The van der Waals surface area contributed by atoms with Gasteiger partial charge >= 0.3 is 0 Å². The van der Waals surface area contributed by atoms with Crippen molar-refractivity contribution in [3.05, 3.63) is 83.4 Å². The molecule has 0 bridgehead atoms. The second-order valence-corrected chi connectivity index (χ2v) is 7.04. The van der Waals surface area contributed by atoms with Crippen molar-refractivity contribution < 1.29 is 19.1 Å². The molecular formula is C24H23ClN2O4. The number of hydrogen-bond donors (Lipinski definition) is 2. The van der Waals surface area contributed by atoms with Crippen molar-refractivity contribution in [2.45, 2.75) is 20.0 Å². The summed E-state index contributed by atoms with van der Waals surface area (Å²) < 4.78 is 11.2. The van der Waals surface area contributed by atoms with Crippen molar-refractivity contribution >= 4 is 34.8 Å². The number of carbonyl (C=O) groups is 2. The summed E-state index contributed by atoms with van der Waals surface area (Å²) in [7, 11) is 0. The monoisotopic (exact) mass is 438 g/mol. The molecule has 1 atom stereocenters. The predicted octanol–water partition coefficient (Wildman–Crippen LogP) is 5.40. The minimum absolute atomic E-state index is 0.294. The van der Waals surface area contributed by atoms with Crippen molar-refractivity contribution in [1.29, 1.82) is 0 Å². The quantitative estimate of drug-likeness (QED) is 0.494. The van der Waals surface area contributed by atoms with Gasteiger partial charge in [-0.25, -0.2) is 0 Å². The molecule has 2 N–H and O–H groups in total. The van der Waals surface area contributed by atoms with Crippen LogP contribution in [0.5, 0.6) is 11.5 Å². The third kappa shape index (κ3) is 5.99. The first-order chi connectivity index (χ1) is 15.0. The van der Waals surface area contributed by atoms with E-state index in [1.54, 1.807) is 67.6 Å². The summed E-state index contributed by atoms with van der Waals surface area (Å²) in [6.07, 6.45) is -0.752. The van der Waals surface area contributed by atoms with Crippen LogP contribution in [0.4, 0.5) is 11.4 Å². The summed E-state index contributed by atoms with van der Waals surface area (Å²) in [5, 5.41) is 6.03. The fourth-order valence-corrected chi connectivity index (χ4v) is 2.97. The van der Waals surface area contributed by atoms with E-state index in [2.05, 4.69) is 10.6 Å². The molecule has 0 heterocycles. The number of nitrogens with one attached hydrogen (secondary N) is 2. The van der Waals surface area contributed by atoms with E-state index in [0.717, 1.165) is 0 Å².